The lowest BCUT2D eigenvalue weighted by molar-refractivity contribution is 0.311. The summed E-state index contributed by atoms with van der Waals surface area (Å²) in [6, 6.07) is 8.86. The molecule has 150 valence electrons. The van der Waals surface area contributed by atoms with Crippen molar-refractivity contribution < 1.29 is 5.11 Å². The summed E-state index contributed by atoms with van der Waals surface area (Å²) in [4.78, 5) is 18.2. The van der Waals surface area contributed by atoms with E-state index in [1.165, 1.54) is 0 Å². The summed E-state index contributed by atoms with van der Waals surface area (Å²) in [5.74, 6) is 2.54. The van der Waals surface area contributed by atoms with Crippen LogP contribution in [0.5, 0.6) is 5.75 Å². The third-order valence-electron chi connectivity index (χ3n) is 4.69. The van der Waals surface area contributed by atoms with E-state index in [2.05, 4.69) is 47.3 Å². The monoisotopic (exact) mass is 392 g/mol. The van der Waals surface area contributed by atoms with Crippen molar-refractivity contribution in [3.63, 3.8) is 0 Å². The van der Waals surface area contributed by atoms with E-state index in [4.69, 9.17) is 0 Å². The van der Waals surface area contributed by atoms with Crippen molar-refractivity contribution in [3.8, 4) is 5.75 Å². The van der Waals surface area contributed by atoms with Gasteiger partial charge in [0.1, 0.15) is 5.75 Å². The molecule has 0 bridgehead atoms. The third-order valence-corrected chi connectivity index (χ3v) is 4.69. The van der Waals surface area contributed by atoms with Crippen LogP contribution in [0.4, 0.5) is 17.7 Å². The van der Waals surface area contributed by atoms with Gasteiger partial charge in [-0.15, -0.1) is 0 Å². The lowest BCUT2D eigenvalue weighted by atomic mass is 10.2. The molecule has 0 amide bonds. The Balaban J connectivity index is 1.62. The van der Waals surface area contributed by atoms with Crippen LogP contribution >= 0.6 is 0 Å². The number of phenolic OH excluding ortho intramolecular Hbond substituents is 1. The van der Waals surface area contributed by atoms with Gasteiger partial charge in [0.2, 0.25) is 11.9 Å². The van der Waals surface area contributed by atoms with Gasteiger partial charge in [0, 0.05) is 37.9 Å². The largest absolute Gasteiger partial charge is 0.508 e. The normalized spacial score (nSPS) is 15.2. The molecule has 0 spiro atoms. The number of phenols is 1. The Morgan fingerprint density at radius 2 is 1.79 bits per heavy atom. The molecule has 9 nitrogen and oxygen atoms in total. The van der Waals surface area contributed by atoms with Crippen LogP contribution in [0.2, 0.25) is 0 Å². The van der Waals surface area contributed by atoms with Crippen molar-refractivity contribution in [3.05, 3.63) is 47.4 Å². The molecule has 1 saturated heterocycles. The number of aryl methyl sites for hydroxylation is 1. The van der Waals surface area contributed by atoms with Gasteiger partial charge in [0.15, 0.2) is 11.6 Å². The molecule has 2 aromatic heterocycles. The highest BCUT2D eigenvalue weighted by Crippen LogP contribution is 2.18. The summed E-state index contributed by atoms with van der Waals surface area (Å²) >= 11 is 0. The molecule has 0 radical (unpaired) electrons. The second kappa shape index (κ2) is 8.27. The average Bonchev–Trinajstić information content (AvgIpc) is 3.12. The Labute approximate surface area is 169 Å². The Hall–Kier alpha value is -3.46. The van der Waals surface area contributed by atoms with E-state index in [9.17, 15) is 5.11 Å². The van der Waals surface area contributed by atoms with Crippen molar-refractivity contribution in [2.75, 3.05) is 43.4 Å². The number of aromatic nitrogens is 5. The first-order valence-corrected chi connectivity index (χ1v) is 9.51. The summed E-state index contributed by atoms with van der Waals surface area (Å²) < 4.78 is 0. The first-order valence-electron chi connectivity index (χ1n) is 9.51. The Morgan fingerprint density at radius 3 is 2.48 bits per heavy atom. The van der Waals surface area contributed by atoms with Crippen molar-refractivity contribution in [2.45, 2.75) is 6.92 Å². The number of likely N-dealkylation sites (N-methyl/N-ethyl adjacent to an activating group) is 1. The molecule has 3 heterocycles. The molecule has 0 unspecified atom stereocenters. The number of anilines is 3. The smallest absolute Gasteiger partial charge is 0.233 e. The standard InChI is InChI=1S/C20H24N8O/c1-14-13-18(26-25-14)22-19-21-17(8-5-15-3-6-16(29)7-4-15)23-20(24-19)28-11-9-27(2)10-12-28/h3-8,13,29H,9-12H2,1-2H3,(H2,21,22,23,24,25,26)/b8-5+. The predicted molar refractivity (Wildman–Crippen MR) is 113 cm³/mol. The zero-order valence-corrected chi connectivity index (χ0v) is 16.5. The van der Waals surface area contributed by atoms with Crippen LogP contribution in [-0.4, -0.2) is 68.4 Å². The maximum atomic E-state index is 9.44. The molecular weight excluding hydrogens is 368 g/mol. The summed E-state index contributed by atoms with van der Waals surface area (Å²) in [5.41, 5.74) is 1.90. The molecule has 3 N–H and O–H groups in total. The van der Waals surface area contributed by atoms with Gasteiger partial charge in [-0.3, -0.25) is 5.10 Å². The Kier molecular flexibility index (Phi) is 5.39. The number of hydrogen-bond acceptors (Lipinski definition) is 8. The maximum Gasteiger partial charge on any atom is 0.233 e. The molecule has 1 aliphatic heterocycles. The second-order valence-electron chi connectivity index (χ2n) is 7.09. The van der Waals surface area contributed by atoms with Crippen LogP contribution in [0.25, 0.3) is 12.2 Å². The van der Waals surface area contributed by atoms with Crippen LogP contribution < -0.4 is 10.2 Å². The van der Waals surface area contributed by atoms with E-state index in [1.807, 2.05) is 37.3 Å². The van der Waals surface area contributed by atoms with Crippen LogP contribution in [-0.2, 0) is 0 Å². The molecule has 9 heteroatoms. The molecule has 3 aromatic rings. The fourth-order valence-electron chi connectivity index (χ4n) is 3.01. The van der Waals surface area contributed by atoms with Gasteiger partial charge < -0.3 is 20.2 Å². The van der Waals surface area contributed by atoms with E-state index in [1.54, 1.807) is 12.1 Å². The zero-order valence-electron chi connectivity index (χ0n) is 16.5. The second-order valence-corrected chi connectivity index (χ2v) is 7.09. The predicted octanol–water partition coefficient (Wildman–Crippen LogP) is 2.27. The molecule has 1 fully saturated rings. The van der Waals surface area contributed by atoms with Crippen LogP contribution in [0.15, 0.2) is 30.3 Å². The van der Waals surface area contributed by atoms with Gasteiger partial charge in [-0.05, 0) is 37.7 Å². The Morgan fingerprint density at radius 1 is 1.03 bits per heavy atom. The van der Waals surface area contributed by atoms with Crippen molar-refractivity contribution in [1.82, 2.24) is 30.0 Å². The van der Waals surface area contributed by atoms with Crippen LogP contribution in [0.1, 0.15) is 17.1 Å². The van der Waals surface area contributed by atoms with Crippen molar-refractivity contribution >= 4 is 29.9 Å². The van der Waals surface area contributed by atoms with E-state index in [0.717, 1.165) is 37.4 Å². The third kappa shape index (κ3) is 4.88. The summed E-state index contributed by atoms with van der Waals surface area (Å²) in [6.45, 7) is 5.59. The molecule has 1 aliphatic rings. The van der Waals surface area contributed by atoms with E-state index >= 15 is 0 Å². The topological polar surface area (TPSA) is 106 Å². The highest BCUT2D eigenvalue weighted by molar-refractivity contribution is 5.68. The number of H-pyrrole nitrogens is 1. The highest BCUT2D eigenvalue weighted by atomic mass is 16.3. The zero-order chi connectivity index (χ0) is 20.2. The minimum absolute atomic E-state index is 0.237. The molecule has 0 saturated carbocycles. The van der Waals surface area contributed by atoms with E-state index in [0.29, 0.717) is 23.5 Å². The minimum Gasteiger partial charge on any atom is -0.508 e. The van der Waals surface area contributed by atoms with Crippen LogP contribution in [0.3, 0.4) is 0 Å². The van der Waals surface area contributed by atoms with Gasteiger partial charge >= 0.3 is 0 Å². The number of benzene rings is 1. The fraction of sp³-hybridized carbons (Fsp3) is 0.300. The van der Waals surface area contributed by atoms with Crippen molar-refractivity contribution in [1.29, 1.82) is 0 Å². The lowest BCUT2D eigenvalue weighted by Gasteiger charge is -2.32. The number of rotatable bonds is 5. The van der Waals surface area contributed by atoms with Gasteiger partial charge in [-0.25, -0.2) is 0 Å². The quantitative estimate of drug-likeness (QED) is 0.607. The highest BCUT2D eigenvalue weighted by Gasteiger charge is 2.18. The SMILES string of the molecule is Cc1cc(Nc2nc(/C=C/c3ccc(O)cc3)nc(N3CCN(C)CC3)n2)n[nH]1. The number of hydrogen-bond donors (Lipinski definition) is 3. The Bertz CT molecular complexity index is 990. The molecule has 29 heavy (non-hydrogen) atoms. The number of piperazine rings is 1. The molecule has 4 rings (SSSR count). The van der Waals surface area contributed by atoms with Crippen LogP contribution in [0, 0.1) is 6.92 Å². The van der Waals surface area contributed by atoms with Gasteiger partial charge in [0.05, 0.1) is 0 Å². The number of nitrogens with zero attached hydrogens (tertiary/aromatic N) is 6. The molecule has 0 atom stereocenters. The van der Waals surface area contributed by atoms with E-state index < -0.39 is 0 Å². The minimum atomic E-state index is 0.237. The van der Waals surface area contributed by atoms with Gasteiger partial charge in [-0.1, -0.05) is 18.2 Å². The number of aromatic amines is 1. The lowest BCUT2D eigenvalue weighted by Crippen LogP contribution is -2.45. The fourth-order valence-corrected chi connectivity index (χ4v) is 3.01. The molecule has 0 aliphatic carbocycles. The number of aromatic hydroxyl groups is 1. The molecule has 1 aromatic carbocycles. The van der Waals surface area contributed by atoms with Gasteiger partial charge in [-0.2, -0.15) is 20.1 Å². The average molecular weight is 392 g/mol. The summed E-state index contributed by atoms with van der Waals surface area (Å²) in [7, 11) is 2.11. The van der Waals surface area contributed by atoms with E-state index in [-0.39, 0.29) is 5.75 Å². The number of nitrogens with one attached hydrogen (secondary N) is 2. The first-order chi connectivity index (χ1) is 14.0. The van der Waals surface area contributed by atoms with Gasteiger partial charge in [0.25, 0.3) is 0 Å². The van der Waals surface area contributed by atoms with Crippen molar-refractivity contribution in [2.24, 2.45) is 0 Å². The summed E-state index contributed by atoms with van der Waals surface area (Å²) in [5, 5.41) is 19.7. The first kappa shape index (κ1) is 18.9. The maximum absolute atomic E-state index is 9.44. The molecular formula is C20H24N8O. The summed E-state index contributed by atoms with van der Waals surface area (Å²) in [6.07, 6.45) is 3.75.